The highest BCUT2D eigenvalue weighted by Crippen LogP contribution is 2.49. The largest absolute Gasteiger partial charge is 0.368 e. The molecule has 2 aliphatic rings. The van der Waals surface area contributed by atoms with Crippen LogP contribution in [0.15, 0.2) is 30.3 Å². The van der Waals surface area contributed by atoms with Crippen LogP contribution in [0.2, 0.25) is 0 Å². The first-order valence-corrected chi connectivity index (χ1v) is 9.41. The fraction of sp³-hybridized carbons (Fsp3) is 0.600. The highest BCUT2D eigenvalue weighted by molar-refractivity contribution is 5.90. The molecule has 3 rings (SSSR count). The molecule has 0 spiro atoms. The number of carbonyl (C=O) groups excluding carboxylic acids is 2. The smallest absolute Gasteiger partial charge is 0.239 e. The molecule has 1 saturated carbocycles. The van der Waals surface area contributed by atoms with Crippen molar-refractivity contribution < 1.29 is 9.59 Å². The van der Waals surface area contributed by atoms with E-state index in [-0.39, 0.29) is 11.3 Å². The van der Waals surface area contributed by atoms with Crippen LogP contribution in [0.5, 0.6) is 0 Å². The van der Waals surface area contributed by atoms with Gasteiger partial charge >= 0.3 is 0 Å². The van der Waals surface area contributed by atoms with E-state index in [9.17, 15) is 9.59 Å². The summed E-state index contributed by atoms with van der Waals surface area (Å²) in [5.74, 6) is -0.0190. The van der Waals surface area contributed by atoms with E-state index in [2.05, 4.69) is 34.5 Å². The lowest BCUT2D eigenvalue weighted by molar-refractivity contribution is -0.135. The number of nitrogens with zero attached hydrogens (tertiary/aromatic N) is 1. The molecule has 0 bridgehead atoms. The molecule has 1 saturated heterocycles. The van der Waals surface area contributed by atoms with Gasteiger partial charge in [0, 0.05) is 19.6 Å². The number of hydrogen-bond acceptors (Lipinski definition) is 3. The minimum atomic E-state index is -0.545. The molecule has 1 aromatic carbocycles. The number of benzene rings is 1. The van der Waals surface area contributed by atoms with E-state index in [0.29, 0.717) is 12.3 Å². The lowest BCUT2D eigenvalue weighted by atomic mass is 9.79. The van der Waals surface area contributed by atoms with Crippen molar-refractivity contribution in [3.8, 4) is 0 Å². The molecular formula is C20H29N3O2. The van der Waals surface area contributed by atoms with E-state index in [1.165, 1.54) is 5.56 Å². The van der Waals surface area contributed by atoms with Crippen LogP contribution in [-0.2, 0) is 16.1 Å². The van der Waals surface area contributed by atoms with Crippen molar-refractivity contribution in [2.24, 2.45) is 17.1 Å². The van der Waals surface area contributed by atoms with Gasteiger partial charge in [-0.15, -0.1) is 0 Å². The Morgan fingerprint density at radius 3 is 2.80 bits per heavy atom. The molecule has 2 fully saturated rings. The zero-order valence-electron chi connectivity index (χ0n) is 15.0. The zero-order chi connectivity index (χ0) is 17.9. The molecule has 1 aliphatic carbocycles. The van der Waals surface area contributed by atoms with E-state index in [4.69, 9.17) is 5.73 Å². The molecular weight excluding hydrogens is 314 g/mol. The lowest BCUT2D eigenvalue weighted by Crippen LogP contribution is -2.52. The minimum absolute atomic E-state index is 0.0304. The first kappa shape index (κ1) is 17.9. The molecule has 1 aromatic rings. The van der Waals surface area contributed by atoms with E-state index in [1.807, 2.05) is 13.0 Å². The molecule has 3 atom stereocenters. The van der Waals surface area contributed by atoms with Gasteiger partial charge in [0.15, 0.2) is 0 Å². The second-order valence-corrected chi connectivity index (χ2v) is 7.62. The maximum absolute atomic E-state index is 13.1. The van der Waals surface area contributed by atoms with E-state index < -0.39 is 11.9 Å². The highest BCUT2D eigenvalue weighted by Gasteiger charge is 2.54. The van der Waals surface area contributed by atoms with Gasteiger partial charge in [-0.2, -0.15) is 0 Å². The first-order chi connectivity index (χ1) is 12.0. The second kappa shape index (κ2) is 7.56. The van der Waals surface area contributed by atoms with Crippen LogP contribution < -0.4 is 11.1 Å². The van der Waals surface area contributed by atoms with Gasteiger partial charge in [-0.25, -0.2) is 0 Å². The fourth-order valence-corrected chi connectivity index (χ4v) is 4.60. The number of nitrogens with one attached hydrogen (secondary N) is 1. The normalized spacial score (nSPS) is 27.0. The van der Waals surface area contributed by atoms with Gasteiger partial charge in [0.25, 0.3) is 0 Å². The SMILES string of the molecule is CCC[C@H](NC(=O)[C@]12CCC[C@H]1CN(Cc1ccccc1)C2)C(N)=O. The maximum Gasteiger partial charge on any atom is 0.239 e. The lowest BCUT2D eigenvalue weighted by Gasteiger charge is -2.29. The molecule has 5 heteroatoms. The van der Waals surface area contributed by atoms with Crippen LogP contribution in [0.4, 0.5) is 0 Å². The third kappa shape index (κ3) is 3.71. The van der Waals surface area contributed by atoms with Crippen molar-refractivity contribution in [3.05, 3.63) is 35.9 Å². The molecule has 3 N–H and O–H groups in total. The third-order valence-electron chi connectivity index (χ3n) is 5.87. The molecule has 0 radical (unpaired) electrons. The van der Waals surface area contributed by atoms with Crippen LogP contribution in [0.3, 0.4) is 0 Å². The monoisotopic (exact) mass is 343 g/mol. The Labute approximate surface area is 150 Å². The van der Waals surface area contributed by atoms with Crippen molar-refractivity contribution in [1.29, 1.82) is 0 Å². The molecule has 0 unspecified atom stereocenters. The molecule has 5 nitrogen and oxygen atoms in total. The highest BCUT2D eigenvalue weighted by atomic mass is 16.2. The number of carbonyl (C=O) groups is 2. The number of fused-ring (bicyclic) bond motifs is 1. The zero-order valence-corrected chi connectivity index (χ0v) is 15.0. The van der Waals surface area contributed by atoms with E-state index >= 15 is 0 Å². The van der Waals surface area contributed by atoms with Gasteiger partial charge < -0.3 is 11.1 Å². The quantitative estimate of drug-likeness (QED) is 0.796. The summed E-state index contributed by atoms with van der Waals surface area (Å²) in [7, 11) is 0. The minimum Gasteiger partial charge on any atom is -0.368 e. The van der Waals surface area contributed by atoms with Crippen LogP contribution >= 0.6 is 0 Å². The first-order valence-electron chi connectivity index (χ1n) is 9.41. The molecule has 2 amide bonds. The van der Waals surface area contributed by atoms with Gasteiger partial charge in [0.1, 0.15) is 6.04 Å². The van der Waals surface area contributed by atoms with Crippen molar-refractivity contribution in [2.75, 3.05) is 13.1 Å². The summed E-state index contributed by atoms with van der Waals surface area (Å²) in [6.45, 7) is 4.60. The molecule has 25 heavy (non-hydrogen) atoms. The predicted octanol–water partition coefficient (Wildman–Crippen LogP) is 2.06. The van der Waals surface area contributed by atoms with Gasteiger partial charge in [0.2, 0.25) is 11.8 Å². The summed E-state index contributed by atoms with van der Waals surface area (Å²) in [6.07, 6.45) is 4.52. The van der Waals surface area contributed by atoms with Crippen LogP contribution in [-0.4, -0.2) is 35.8 Å². The van der Waals surface area contributed by atoms with Crippen LogP contribution in [0.1, 0.15) is 44.6 Å². The van der Waals surface area contributed by atoms with Gasteiger partial charge in [0.05, 0.1) is 5.41 Å². The van der Waals surface area contributed by atoms with Gasteiger partial charge in [-0.3, -0.25) is 14.5 Å². The Bertz CT molecular complexity index is 619. The number of hydrogen-bond donors (Lipinski definition) is 2. The van der Waals surface area contributed by atoms with Crippen LogP contribution in [0, 0.1) is 11.3 Å². The Hall–Kier alpha value is -1.88. The Kier molecular flexibility index (Phi) is 5.42. The van der Waals surface area contributed by atoms with Crippen molar-refractivity contribution in [2.45, 2.75) is 51.6 Å². The predicted molar refractivity (Wildman–Crippen MR) is 97.5 cm³/mol. The summed E-state index contributed by atoms with van der Waals surface area (Å²) >= 11 is 0. The Balaban J connectivity index is 1.70. The molecule has 136 valence electrons. The summed E-state index contributed by atoms with van der Waals surface area (Å²) in [5.41, 5.74) is 6.40. The summed E-state index contributed by atoms with van der Waals surface area (Å²) in [5, 5.41) is 2.97. The van der Waals surface area contributed by atoms with Crippen molar-refractivity contribution >= 4 is 11.8 Å². The van der Waals surface area contributed by atoms with Gasteiger partial charge in [-0.05, 0) is 30.7 Å². The maximum atomic E-state index is 13.1. The Morgan fingerprint density at radius 2 is 2.12 bits per heavy atom. The number of nitrogens with two attached hydrogens (primary N) is 1. The average molecular weight is 343 g/mol. The summed E-state index contributed by atoms with van der Waals surface area (Å²) < 4.78 is 0. The summed E-state index contributed by atoms with van der Waals surface area (Å²) in [4.78, 5) is 27.1. The average Bonchev–Trinajstić information content (AvgIpc) is 3.13. The van der Waals surface area contributed by atoms with Crippen molar-refractivity contribution in [1.82, 2.24) is 10.2 Å². The fourth-order valence-electron chi connectivity index (χ4n) is 4.60. The standard InChI is InChI=1S/C20H29N3O2/c1-2-7-17(18(21)24)22-19(25)20-11-6-10-16(20)13-23(14-20)12-15-8-4-3-5-9-15/h3-5,8-9,16-17H,2,6-7,10-14H2,1H3,(H2,21,24)(H,22,25)/t16-,17-,20-/m0/s1. The van der Waals surface area contributed by atoms with E-state index in [0.717, 1.165) is 45.3 Å². The number of likely N-dealkylation sites (tertiary alicyclic amines) is 1. The topological polar surface area (TPSA) is 75.4 Å². The molecule has 0 aromatic heterocycles. The Morgan fingerprint density at radius 1 is 1.36 bits per heavy atom. The summed E-state index contributed by atoms with van der Waals surface area (Å²) in [6, 6.07) is 9.84. The number of rotatable bonds is 7. The molecule has 1 aliphatic heterocycles. The number of primary amides is 1. The van der Waals surface area contributed by atoms with Crippen molar-refractivity contribution in [3.63, 3.8) is 0 Å². The van der Waals surface area contributed by atoms with Gasteiger partial charge in [-0.1, -0.05) is 50.1 Å². The number of amides is 2. The van der Waals surface area contributed by atoms with Crippen LogP contribution in [0.25, 0.3) is 0 Å². The van der Waals surface area contributed by atoms with E-state index in [1.54, 1.807) is 0 Å². The third-order valence-corrected chi connectivity index (χ3v) is 5.87. The second-order valence-electron chi connectivity index (χ2n) is 7.62. The molecule has 1 heterocycles.